The molecule has 1 fully saturated rings. The molecule has 0 bridgehead atoms. The van der Waals surface area contributed by atoms with Crippen molar-refractivity contribution in [1.29, 1.82) is 0 Å². The van der Waals surface area contributed by atoms with Gasteiger partial charge in [0.25, 0.3) is 0 Å². The first-order valence-corrected chi connectivity index (χ1v) is 10.9. The van der Waals surface area contributed by atoms with Gasteiger partial charge in [-0.2, -0.15) is 0 Å². The van der Waals surface area contributed by atoms with Crippen LogP contribution in [0.3, 0.4) is 0 Å². The van der Waals surface area contributed by atoms with Crippen LogP contribution in [-0.2, 0) is 24.2 Å². The van der Waals surface area contributed by atoms with Crippen LogP contribution in [0.25, 0.3) is 0 Å². The summed E-state index contributed by atoms with van der Waals surface area (Å²) >= 11 is 0. The fraction of sp³-hybridized carbons (Fsp3) is 0.308. The minimum absolute atomic E-state index is 0.160. The Bertz CT molecular complexity index is 1030. The maximum absolute atomic E-state index is 12.9. The van der Waals surface area contributed by atoms with Crippen LogP contribution in [0.15, 0.2) is 67.0 Å². The molecule has 152 valence electrons. The molecular formula is C26H26N2O2. The Kier molecular flexibility index (Phi) is 5.22. The first-order valence-electron chi connectivity index (χ1n) is 10.9. The number of nitrogens with zero attached hydrogens (tertiary/aromatic N) is 2. The fourth-order valence-electron chi connectivity index (χ4n) is 4.12. The molecule has 2 aliphatic rings. The molecule has 5 rings (SSSR count). The van der Waals surface area contributed by atoms with Crippen LogP contribution in [-0.4, -0.2) is 10.9 Å². The van der Waals surface area contributed by atoms with Crippen LogP contribution in [0.4, 0.5) is 5.69 Å². The third kappa shape index (κ3) is 4.23. The molecule has 2 aromatic carbocycles. The number of amides is 1. The van der Waals surface area contributed by atoms with Crippen LogP contribution >= 0.6 is 0 Å². The second-order valence-corrected chi connectivity index (χ2v) is 8.29. The lowest BCUT2D eigenvalue weighted by Crippen LogP contribution is -2.31. The van der Waals surface area contributed by atoms with Crippen molar-refractivity contribution >= 4 is 11.6 Å². The van der Waals surface area contributed by atoms with Crippen molar-refractivity contribution in [1.82, 2.24) is 4.98 Å². The number of fused-ring (bicyclic) bond motifs is 1. The first-order chi connectivity index (χ1) is 14.8. The minimum atomic E-state index is 0.160. The number of carbonyl (C=O) groups is 1. The zero-order valence-electron chi connectivity index (χ0n) is 17.1. The standard InChI is InChI=1S/C26H26N2O2/c29-26(21-7-8-21)28(18-19-4-3-15-27-17-19)23-10-13-24(14-11-23)30-25-12-9-20-5-1-2-6-22(20)16-25/h3-4,9-17,21H,1-2,5-8,18H2. The Hall–Kier alpha value is -3.14. The topological polar surface area (TPSA) is 42.4 Å². The van der Waals surface area contributed by atoms with E-state index in [1.54, 1.807) is 6.20 Å². The third-order valence-electron chi connectivity index (χ3n) is 5.96. The second-order valence-electron chi connectivity index (χ2n) is 8.29. The molecule has 1 heterocycles. The molecule has 30 heavy (non-hydrogen) atoms. The fourth-order valence-corrected chi connectivity index (χ4v) is 4.12. The zero-order valence-corrected chi connectivity index (χ0v) is 17.1. The van der Waals surface area contributed by atoms with Crippen molar-refractivity contribution in [2.45, 2.75) is 45.1 Å². The van der Waals surface area contributed by atoms with Gasteiger partial charge in [-0.15, -0.1) is 0 Å². The first kappa shape index (κ1) is 18.9. The lowest BCUT2D eigenvalue weighted by molar-refractivity contribution is -0.119. The number of carbonyl (C=O) groups excluding carboxylic acids is 1. The number of anilines is 1. The molecule has 2 aliphatic carbocycles. The molecule has 1 aromatic heterocycles. The molecule has 1 amide bonds. The zero-order chi connectivity index (χ0) is 20.3. The molecule has 0 unspecified atom stereocenters. The van der Waals surface area contributed by atoms with Crippen molar-refractivity contribution in [2.75, 3.05) is 4.90 Å². The van der Waals surface area contributed by atoms with Crippen molar-refractivity contribution in [3.63, 3.8) is 0 Å². The van der Waals surface area contributed by atoms with Gasteiger partial charge in [0.15, 0.2) is 0 Å². The van der Waals surface area contributed by atoms with Gasteiger partial charge in [-0.25, -0.2) is 0 Å². The van der Waals surface area contributed by atoms with E-state index in [9.17, 15) is 4.79 Å². The molecule has 0 saturated heterocycles. The lowest BCUT2D eigenvalue weighted by atomic mass is 9.92. The SMILES string of the molecule is O=C(C1CC1)N(Cc1cccnc1)c1ccc(Oc2ccc3c(c2)CCCC3)cc1. The van der Waals surface area contributed by atoms with Crippen molar-refractivity contribution < 1.29 is 9.53 Å². The summed E-state index contributed by atoms with van der Waals surface area (Å²) < 4.78 is 6.10. The molecule has 0 spiro atoms. The molecule has 0 radical (unpaired) electrons. The highest BCUT2D eigenvalue weighted by atomic mass is 16.5. The Morgan fingerprint density at radius 1 is 0.967 bits per heavy atom. The van der Waals surface area contributed by atoms with E-state index in [1.807, 2.05) is 47.5 Å². The van der Waals surface area contributed by atoms with Crippen LogP contribution in [0.5, 0.6) is 11.5 Å². The number of rotatable bonds is 6. The molecule has 0 aliphatic heterocycles. The van der Waals surface area contributed by atoms with Gasteiger partial charge in [0.1, 0.15) is 11.5 Å². The van der Waals surface area contributed by atoms with Gasteiger partial charge >= 0.3 is 0 Å². The van der Waals surface area contributed by atoms with Crippen molar-refractivity contribution in [3.8, 4) is 11.5 Å². The quantitative estimate of drug-likeness (QED) is 0.535. The van der Waals surface area contributed by atoms with Gasteiger partial charge in [0, 0.05) is 24.0 Å². The summed E-state index contributed by atoms with van der Waals surface area (Å²) in [6.45, 7) is 0.536. The molecule has 0 N–H and O–H groups in total. The molecular weight excluding hydrogens is 372 g/mol. The van der Waals surface area contributed by atoms with Gasteiger partial charge in [-0.1, -0.05) is 12.1 Å². The van der Waals surface area contributed by atoms with E-state index >= 15 is 0 Å². The number of benzene rings is 2. The second kappa shape index (κ2) is 8.31. The summed E-state index contributed by atoms with van der Waals surface area (Å²) in [5, 5.41) is 0. The van der Waals surface area contributed by atoms with E-state index in [2.05, 4.69) is 23.2 Å². The Morgan fingerprint density at radius 3 is 2.47 bits per heavy atom. The summed E-state index contributed by atoms with van der Waals surface area (Å²) in [7, 11) is 0. The van der Waals surface area contributed by atoms with E-state index in [4.69, 9.17) is 4.74 Å². The number of ether oxygens (including phenoxy) is 1. The van der Waals surface area contributed by atoms with Crippen molar-refractivity contribution in [3.05, 3.63) is 83.7 Å². The average molecular weight is 399 g/mol. The van der Waals surface area contributed by atoms with Crippen LogP contribution in [0, 0.1) is 5.92 Å². The predicted molar refractivity (Wildman–Crippen MR) is 118 cm³/mol. The maximum Gasteiger partial charge on any atom is 0.230 e. The van der Waals surface area contributed by atoms with Gasteiger partial charge in [0.05, 0.1) is 6.54 Å². The number of hydrogen-bond donors (Lipinski definition) is 0. The van der Waals surface area contributed by atoms with Gasteiger partial charge < -0.3 is 9.64 Å². The van der Waals surface area contributed by atoms with Gasteiger partial charge in [-0.05, 0) is 97.7 Å². The third-order valence-corrected chi connectivity index (χ3v) is 5.96. The lowest BCUT2D eigenvalue weighted by Gasteiger charge is -2.23. The number of hydrogen-bond acceptors (Lipinski definition) is 3. The molecule has 1 saturated carbocycles. The summed E-state index contributed by atoms with van der Waals surface area (Å²) in [5.74, 6) is 2.02. The highest BCUT2D eigenvalue weighted by Crippen LogP contribution is 2.34. The summed E-state index contributed by atoms with van der Waals surface area (Å²) in [4.78, 5) is 19.0. The summed E-state index contributed by atoms with van der Waals surface area (Å²) in [6.07, 6.45) is 10.4. The van der Waals surface area contributed by atoms with Gasteiger partial charge in [0.2, 0.25) is 5.91 Å². The minimum Gasteiger partial charge on any atom is -0.457 e. The van der Waals surface area contributed by atoms with Gasteiger partial charge in [-0.3, -0.25) is 9.78 Å². The number of aryl methyl sites for hydroxylation is 2. The predicted octanol–water partition coefficient (Wildman–Crippen LogP) is 5.70. The smallest absolute Gasteiger partial charge is 0.230 e. The highest BCUT2D eigenvalue weighted by molar-refractivity contribution is 5.96. The molecule has 4 nitrogen and oxygen atoms in total. The van der Waals surface area contributed by atoms with E-state index in [0.717, 1.165) is 42.0 Å². The monoisotopic (exact) mass is 398 g/mol. The van der Waals surface area contributed by atoms with Crippen molar-refractivity contribution in [2.24, 2.45) is 5.92 Å². The maximum atomic E-state index is 12.9. The highest BCUT2D eigenvalue weighted by Gasteiger charge is 2.34. The number of pyridine rings is 1. The van der Waals surface area contributed by atoms with E-state index in [1.165, 1.54) is 30.4 Å². The van der Waals surface area contributed by atoms with Crippen LogP contribution in [0.2, 0.25) is 0 Å². The molecule has 3 aromatic rings. The number of aromatic nitrogens is 1. The van der Waals surface area contributed by atoms with E-state index in [-0.39, 0.29) is 11.8 Å². The average Bonchev–Trinajstić information content (AvgIpc) is 3.64. The summed E-state index contributed by atoms with van der Waals surface area (Å²) in [5.41, 5.74) is 4.79. The largest absolute Gasteiger partial charge is 0.457 e. The normalized spacial score (nSPS) is 15.3. The Balaban J connectivity index is 1.33. The Morgan fingerprint density at radius 2 is 1.73 bits per heavy atom. The summed E-state index contributed by atoms with van der Waals surface area (Å²) in [6, 6.07) is 18.2. The van der Waals surface area contributed by atoms with Crippen LogP contribution in [0.1, 0.15) is 42.4 Å². The van der Waals surface area contributed by atoms with Crippen LogP contribution < -0.4 is 9.64 Å². The Labute approximate surface area is 177 Å². The van der Waals surface area contributed by atoms with E-state index < -0.39 is 0 Å². The van der Waals surface area contributed by atoms with E-state index in [0.29, 0.717) is 6.54 Å². The molecule has 0 atom stereocenters. The molecule has 4 heteroatoms.